The van der Waals surface area contributed by atoms with E-state index in [4.69, 9.17) is 17.0 Å². The first-order chi connectivity index (χ1) is 11.8. The topological polar surface area (TPSA) is 33.7 Å². The zero-order valence-electron chi connectivity index (χ0n) is 13.6. The van der Waals surface area contributed by atoms with Crippen molar-refractivity contribution in [2.45, 2.75) is 12.9 Å². The van der Waals surface area contributed by atoms with Crippen molar-refractivity contribution in [2.24, 2.45) is 0 Å². The second kappa shape index (κ2) is 8.06. The van der Waals surface area contributed by atoms with Gasteiger partial charge in [0.05, 0.1) is 7.11 Å². The molecule has 0 unspecified atom stereocenters. The highest BCUT2D eigenvalue weighted by atomic mass is 32.1. The zero-order chi connectivity index (χ0) is 18.4. The Bertz CT molecular complexity index is 703. The fourth-order valence-electron chi connectivity index (χ4n) is 2.04. The Hall–Kier alpha value is -2.48. The van der Waals surface area contributed by atoms with Gasteiger partial charge in [-0.15, -0.1) is 13.2 Å². The summed E-state index contributed by atoms with van der Waals surface area (Å²) in [6.45, 7) is 0.575. The highest BCUT2D eigenvalue weighted by molar-refractivity contribution is 7.80. The van der Waals surface area contributed by atoms with E-state index in [1.807, 2.05) is 36.2 Å². The lowest BCUT2D eigenvalue weighted by Crippen LogP contribution is -2.30. The summed E-state index contributed by atoms with van der Waals surface area (Å²) in [6.07, 6.45) is -4.71. The maximum absolute atomic E-state index is 12.1. The Kier molecular flexibility index (Phi) is 6.08. The van der Waals surface area contributed by atoms with Crippen molar-refractivity contribution in [1.82, 2.24) is 4.90 Å². The van der Waals surface area contributed by atoms with Gasteiger partial charge in [-0.1, -0.05) is 12.1 Å². The van der Waals surface area contributed by atoms with E-state index in [9.17, 15) is 13.2 Å². The van der Waals surface area contributed by atoms with E-state index in [1.165, 1.54) is 24.3 Å². The molecular weight excluding hydrogens is 353 g/mol. The van der Waals surface area contributed by atoms with Gasteiger partial charge in [0, 0.05) is 19.3 Å². The summed E-state index contributed by atoms with van der Waals surface area (Å²) in [7, 11) is 3.42. The van der Waals surface area contributed by atoms with Gasteiger partial charge in [0.1, 0.15) is 11.5 Å². The first-order valence-electron chi connectivity index (χ1n) is 7.28. The molecule has 0 radical (unpaired) electrons. The lowest BCUT2D eigenvalue weighted by atomic mass is 10.2. The molecule has 8 heteroatoms. The Morgan fingerprint density at radius 2 is 1.60 bits per heavy atom. The van der Waals surface area contributed by atoms with Crippen molar-refractivity contribution in [3.8, 4) is 11.5 Å². The number of anilines is 1. The molecule has 0 aliphatic rings. The summed E-state index contributed by atoms with van der Waals surface area (Å²) in [4.78, 5) is 1.82. The Balaban J connectivity index is 1.91. The molecule has 2 aromatic carbocycles. The SMILES string of the molecule is COc1ccc(CN(C)C(=S)Nc2ccc(OC(F)(F)F)cc2)cc1. The number of thiocarbonyl (C=S) groups is 1. The number of nitrogens with one attached hydrogen (secondary N) is 1. The highest BCUT2D eigenvalue weighted by Crippen LogP contribution is 2.24. The van der Waals surface area contributed by atoms with Crippen LogP contribution in [0.25, 0.3) is 0 Å². The molecule has 25 heavy (non-hydrogen) atoms. The molecule has 0 saturated carbocycles. The third-order valence-corrected chi connectivity index (χ3v) is 3.68. The largest absolute Gasteiger partial charge is 0.573 e. The minimum atomic E-state index is -4.71. The quantitative estimate of drug-likeness (QED) is 0.788. The second-order valence-electron chi connectivity index (χ2n) is 5.21. The predicted octanol–water partition coefficient (Wildman–Crippen LogP) is 4.42. The van der Waals surface area contributed by atoms with E-state index < -0.39 is 6.36 Å². The van der Waals surface area contributed by atoms with Crippen LogP contribution in [0, 0.1) is 0 Å². The molecule has 1 N–H and O–H groups in total. The van der Waals surface area contributed by atoms with Crippen molar-refractivity contribution >= 4 is 23.0 Å². The molecule has 0 bridgehead atoms. The monoisotopic (exact) mass is 370 g/mol. The fourth-order valence-corrected chi connectivity index (χ4v) is 2.22. The van der Waals surface area contributed by atoms with Crippen LogP contribution in [0.3, 0.4) is 0 Å². The summed E-state index contributed by atoms with van der Waals surface area (Å²) in [5.74, 6) is 0.490. The van der Waals surface area contributed by atoms with Crippen LogP contribution in [-0.2, 0) is 6.54 Å². The average Bonchev–Trinajstić information content (AvgIpc) is 2.56. The predicted molar refractivity (Wildman–Crippen MR) is 93.8 cm³/mol. The van der Waals surface area contributed by atoms with Crippen LogP contribution in [-0.4, -0.2) is 30.5 Å². The first kappa shape index (κ1) is 18.9. The van der Waals surface area contributed by atoms with Crippen LogP contribution in [0.5, 0.6) is 11.5 Å². The molecule has 4 nitrogen and oxygen atoms in total. The van der Waals surface area contributed by atoms with Gasteiger partial charge in [-0.25, -0.2) is 0 Å². The summed E-state index contributed by atoms with van der Waals surface area (Å²) in [5.41, 5.74) is 1.61. The molecule has 0 heterocycles. The number of hydrogen-bond acceptors (Lipinski definition) is 3. The smallest absolute Gasteiger partial charge is 0.497 e. The average molecular weight is 370 g/mol. The van der Waals surface area contributed by atoms with Crippen LogP contribution in [0.4, 0.5) is 18.9 Å². The molecule has 0 saturated heterocycles. The van der Waals surface area contributed by atoms with Crippen LogP contribution in [0.15, 0.2) is 48.5 Å². The Labute approximate surface area is 149 Å². The van der Waals surface area contributed by atoms with Crippen molar-refractivity contribution < 1.29 is 22.6 Å². The van der Waals surface area contributed by atoms with E-state index in [0.717, 1.165) is 11.3 Å². The fraction of sp³-hybridized carbons (Fsp3) is 0.235. The molecule has 0 aliphatic heterocycles. The van der Waals surface area contributed by atoms with Crippen molar-refractivity contribution in [2.75, 3.05) is 19.5 Å². The standard InChI is InChI=1S/C17H17F3N2O2S/c1-22(11-12-3-7-14(23-2)8-4-12)16(25)21-13-5-9-15(10-6-13)24-17(18,19)20/h3-10H,11H2,1-2H3,(H,21,25). The van der Waals surface area contributed by atoms with Crippen molar-refractivity contribution in [1.29, 1.82) is 0 Å². The van der Waals surface area contributed by atoms with Crippen LogP contribution in [0.2, 0.25) is 0 Å². The van der Waals surface area contributed by atoms with Crippen LogP contribution < -0.4 is 14.8 Å². The molecule has 2 rings (SSSR count). The van der Waals surface area contributed by atoms with Gasteiger partial charge in [0.2, 0.25) is 0 Å². The maximum Gasteiger partial charge on any atom is 0.573 e. The molecule has 0 fully saturated rings. The number of ether oxygens (including phenoxy) is 2. The highest BCUT2D eigenvalue weighted by Gasteiger charge is 2.30. The van der Waals surface area contributed by atoms with Crippen LogP contribution in [0.1, 0.15) is 5.56 Å². The second-order valence-corrected chi connectivity index (χ2v) is 5.59. The van der Waals surface area contributed by atoms with E-state index in [2.05, 4.69) is 10.1 Å². The normalized spacial score (nSPS) is 10.9. The molecule has 2 aromatic rings. The minimum Gasteiger partial charge on any atom is -0.497 e. The van der Waals surface area contributed by atoms with Crippen LogP contribution >= 0.6 is 12.2 Å². The molecule has 0 amide bonds. The van der Waals surface area contributed by atoms with Crippen molar-refractivity contribution in [3.63, 3.8) is 0 Å². The third-order valence-electron chi connectivity index (χ3n) is 3.26. The van der Waals surface area contributed by atoms with Gasteiger partial charge < -0.3 is 19.7 Å². The Morgan fingerprint density at radius 3 is 2.12 bits per heavy atom. The third kappa shape index (κ3) is 6.15. The maximum atomic E-state index is 12.1. The van der Waals surface area contributed by atoms with E-state index >= 15 is 0 Å². The number of rotatable bonds is 5. The first-order valence-corrected chi connectivity index (χ1v) is 7.68. The summed E-state index contributed by atoms with van der Waals surface area (Å²) < 4.78 is 45.4. The molecule has 0 spiro atoms. The van der Waals surface area contributed by atoms with Gasteiger partial charge in [-0.2, -0.15) is 0 Å². The van der Waals surface area contributed by atoms with E-state index in [1.54, 1.807) is 7.11 Å². The number of benzene rings is 2. The molecule has 0 atom stereocenters. The van der Waals surface area contributed by atoms with Gasteiger partial charge in [-0.3, -0.25) is 0 Å². The lowest BCUT2D eigenvalue weighted by Gasteiger charge is -2.21. The lowest BCUT2D eigenvalue weighted by molar-refractivity contribution is -0.274. The summed E-state index contributed by atoms with van der Waals surface area (Å²) >= 11 is 5.31. The molecule has 0 aromatic heterocycles. The molecular formula is C17H17F3N2O2S. The molecule has 134 valence electrons. The van der Waals surface area contributed by atoms with E-state index in [0.29, 0.717) is 17.3 Å². The van der Waals surface area contributed by atoms with E-state index in [-0.39, 0.29) is 5.75 Å². The number of nitrogens with zero attached hydrogens (tertiary/aromatic N) is 1. The van der Waals surface area contributed by atoms with Gasteiger partial charge in [0.15, 0.2) is 5.11 Å². The van der Waals surface area contributed by atoms with Crippen molar-refractivity contribution in [3.05, 3.63) is 54.1 Å². The summed E-state index contributed by atoms with van der Waals surface area (Å²) in [5, 5.41) is 3.42. The zero-order valence-corrected chi connectivity index (χ0v) is 14.4. The number of methoxy groups -OCH3 is 1. The van der Waals surface area contributed by atoms with Gasteiger partial charge in [0.25, 0.3) is 0 Å². The van der Waals surface area contributed by atoms with Gasteiger partial charge >= 0.3 is 6.36 Å². The number of alkyl halides is 3. The Morgan fingerprint density at radius 1 is 1.04 bits per heavy atom. The molecule has 0 aliphatic carbocycles. The minimum absolute atomic E-state index is 0.282. The van der Waals surface area contributed by atoms with Gasteiger partial charge in [-0.05, 0) is 54.2 Å². The summed E-state index contributed by atoms with van der Waals surface area (Å²) in [6, 6.07) is 13.0. The number of halogens is 3. The number of hydrogen-bond donors (Lipinski definition) is 1.